The standard InChI is InChI=1S/C24H60O6Si6/c1-13-19(7)34(20(8)14-2)27-32-25-31-26-33-28-35(21(9)15-3,22(10)16-4)30-36(29-34,23(11)17-5)24(12)18-6/h19-24H,13-18,31-33H2,1-12H3. The predicted molar refractivity (Wildman–Crippen MR) is 168 cm³/mol. The van der Waals surface area contributed by atoms with Crippen LogP contribution in [0.3, 0.4) is 0 Å². The molecule has 0 aromatic carbocycles. The van der Waals surface area contributed by atoms with Gasteiger partial charge in [-0.1, -0.05) is 122 Å². The summed E-state index contributed by atoms with van der Waals surface area (Å²) in [6.45, 7) is 28.0. The Kier molecular flexibility index (Phi) is 15.9. The van der Waals surface area contributed by atoms with Gasteiger partial charge in [0.1, 0.15) is 0 Å². The van der Waals surface area contributed by atoms with Crippen LogP contribution in [-0.4, -0.2) is 55.7 Å². The van der Waals surface area contributed by atoms with Gasteiger partial charge in [-0.2, -0.15) is 0 Å². The molecule has 0 N–H and O–H groups in total. The van der Waals surface area contributed by atoms with Gasteiger partial charge in [0.15, 0.2) is 0 Å². The van der Waals surface area contributed by atoms with E-state index < -0.39 is 55.7 Å². The van der Waals surface area contributed by atoms with Crippen LogP contribution in [0.1, 0.15) is 122 Å². The lowest BCUT2D eigenvalue weighted by molar-refractivity contribution is 0.216. The maximum atomic E-state index is 7.89. The number of hydrogen-bond donors (Lipinski definition) is 0. The third kappa shape index (κ3) is 7.62. The fraction of sp³-hybridized carbons (Fsp3) is 1.00. The Balaban J connectivity index is 4.01. The molecule has 0 radical (unpaired) electrons. The van der Waals surface area contributed by atoms with Crippen molar-refractivity contribution in [1.82, 2.24) is 0 Å². The Bertz CT molecular complexity index is 548. The molecule has 0 saturated carbocycles. The molecule has 1 rings (SSSR count). The minimum absolute atomic E-state index is 0.349. The molecule has 6 unspecified atom stereocenters. The summed E-state index contributed by atoms with van der Waals surface area (Å²) in [5, 5.41) is 0. The van der Waals surface area contributed by atoms with Gasteiger partial charge in [-0.15, -0.1) is 0 Å². The van der Waals surface area contributed by atoms with Crippen molar-refractivity contribution in [2.24, 2.45) is 0 Å². The average Bonchev–Trinajstić information content (AvgIpc) is 2.90. The molecule has 6 atom stereocenters. The first-order valence-corrected chi connectivity index (χ1v) is 24.2. The second-order valence-corrected chi connectivity index (χ2v) is 29.4. The van der Waals surface area contributed by atoms with E-state index in [2.05, 4.69) is 83.1 Å². The van der Waals surface area contributed by atoms with Crippen molar-refractivity contribution in [3.8, 4) is 0 Å². The molecule has 12 heteroatoms. The molecule has 0 amide bonds. The van der Waals surface area contributed by atoms with Gasteiger partial charge in [0, 0.05) is 0 Å². The van der Waals surface area contributed by atoms with E-state index in [0.717, 1.165) is 38.5 Å². The molecule has 0 aromatic rings. The van der Waals surface area contributed by atoms with Crippen LogP contribution in [0.25, 0.3) is 0 Å². The largest absolute Gasteiger partial charge is 0.425 e. The number of hydrogen-bond acceptors (Lipinski definition) is 6. The Morgan fingerprint density at radius 2 is 0.667 bits per heavy atom. The SMILES string of the molecule is CCC(C)[Si]1(C(C)CC)O[SiH2]O[SiH2]O[SiH2]O[Si](C(C)CC)(C(C)CC)O[Si](C(C)CC)(C(C)CC)O1. The zero-order valence-electron chi connectivity index (χ0n) is 25.8. The summed E-state index contributed by atoms with van der Waals surface area (Å²) in [6, 6.07) is 0. The smallest absolute Gasteiger partial charge is 0.326 e. The van der Waals surface area contributed by atoms with Gasteiger partial charge < -0.3 is 24.7 Å². The molecule has 0 aromatic heterocycles. The van der Waals surface area contributed by atoms with Gasteiger partial charge in [0.25, 0.3) is 30.0 Å². The Morgan fingerprint density at radius 1 is 0.417 bits per heavy atom. The Hall–Kier alpha value is 1.06. The normalized spacial score (nSPS) is 36.0. The van der Waals surface area contributed by atoms with E-state index >= 15 is 0 Å². The van der Waals surface area contributed by atoms with E-state index in [-0.39, 0.29) is 0 Å². The van der Waals surface area contributed by atoms with Crippen molar-refractivity contribution < 1.29 is 24.7 Å². The van der Waals surface area contributed by atoms with Gasteiger partial charge in [-0.3, -0.25) is 0 Å². The summed E-state index contributed by atoms with van der Waals surface area (Å²) in [7, 11) is -11.7. The van der Waals surface area contributed by atoms with Crippen LogP contribution >= 0.6 is 0 Å². The van der Waals surface area contributed by atoms with Crippen molar-refractivity contribution in [3.63, 3.8) is 0 Å². The van der Waals surface area contributed by atoms with Gasteiger partial charge in [-0.05, 0) is 33.2 Å². The lowest BCUT2D eigenvalue weighted by Crippen LogP contribution is -2.68. The third-order valence-corrected chi connectivity index (χ3v) is 32.4. The van der Waals surface area contributed by atoms with E-state index in [1.54, 1.807) is 0 Å². The van der Waals surface area contributed by atoms with Gasteiger partial charge in [0.2, 0.25) is 0 Å². The van der Waals surface area contributed by atoms with E-state index in [4.69, 9.17) is 24.7 Å². The molecular formula is C24H60O6Si6. The number of rotatable bonds is 12. The van der Waals surface area contributed by atoms with Crippen LogP contribution in [0, 0.1) is 0 Å². The van der Waals surface area contributed by atoms with Gasteiger partial charge in [-0.25, -0.2) is 0 Å². The van der Waals surface area contributed by atoms with Crippen LogP contribution in [0.2, 0.25) is 33.2 Å². The summed E-state index contributed by atoms with van der Waals surface area (Å²) < 4.78 is 42.2. The molecule has 1 heterocycles. The first kappa shape index (κ1) is 35.1. The van der Waals surface area contributed by atoms with Crippen molar-refractivity contribution in [2.75, 3.05) is 0 Å². The molecule has 6 nitrogen and oxygen atoms in total. The van der Waals surface area contributed by atoms with E-state index in [9.17, 15) is 0 Å². The summed E-state index contributed by atoms with van der Waals surface area (Å²) in [4.78, 5) is 0. The van der Waals surface area contributed by atoms with Crippen LogP contribution in [0.4, 0.5) is 0 Å². The van der Waals surface area contributed by atoms with Crippen LogP contribution in [0.15, 0.2) is 0 Å². The molecule has 36 heavy (non-hydrogen) atoms. The highest BCUT2D eigenvalue weighted by Gasteiger charge is 2.63. The molecule has 1 saturated heterocycles. The zero-order valence-corrected chi connectivity index (χ0v) is 33.0. The second kappa shape index (κ2) is 16.4. The van der Waals surface area contributed by atoms with Crippen LogP contribution < -0.4 is 0 Å². The van der Waals surface area contributed by atoms with Crippen molar-refractivity contribution in [1.29, 1.82) is 0 Å². The lowest BCUT2D eigenvalue weighted by Gasteiger charge is -2.55. The molecule has 216 valence electrons. The van der Waals surface area contributed by atoms with Crippen molar-refractivity contribution in [2.45, 2.75) is 155 Å². The Labute approximate surface area is 234 Å². The molecule has 0 aliphatic carbocycles. The first-order valence-electron chi connectivity index (χ1n) is 14.8. The van der Waals surface area contributed by atoms with Crippen LogP contribution in [-0.2, 0) is 24.7 Å². The monoisotopic (exact) mass is 612 g/mol. The topological polar surface area (TPSA) is 55.4 Å². The maximum Gasteiger partial charge on any atom is 0.326 e. The van der Waals surface area contributed by atoms with Crippen LogP contribution in [0.5, 0.6) is 0 Å². The maximum absolute atomic E-state index is 7.89. The third-order valence-electron chi connectivity index (χ3n) is 9.34. The average molecular weight is 613 g/mol. The lowest BCUT2D eigenvalue weighted by atomic mass is 10.3. The van der Waals surface area contributed by atoms with Crippen molar-refractivity contribution in [3.05, 3.63) is 0 Å². The quantitative estimate of drug-likeness (QED) is 0.244. The van der Waals surface area contributed by atoms with E-state index in [0.29, 0.717) is 33.2 Å². The molecular weight excluding hydrogens is 553 g/mol. The first-order chi connectivity index (χ1) is 17.0. The minimum Gasteiger partial charge on any atom is -0.425 e. The van der Waals surface area contributed by atoms with Gasteiger partial charge in [0.05, 0.1) is 0 Å². The zero-order chi connectivity index (χ0) is 27.6. The minimum atomic E-state index is -2.83. The predicted octanol–water partition coefficient (Wildman–Crippen LogP) is 6.22. The molecule has 1 aliphatic rings. The molecule has 1 fully saturated rings. The van der Waals surface area contributed by atoms with E-state index in [1.807, 2.05) is 0 Å². The molecule has 0 spiro atoms. The van der Waals surface area contributed by atoms with Gasteiger partial charge >= 0.3 is 25.7 Å². The summed E-state index contributed by atoms with van der Waals surface area (Å²) >= 11 is 0. The summed E-state index contributed by atoms with van der Waals surface area (Å²) in [5.74, 6) is 0. The van der Waals surface area contributed by atoms with E-state index in [1.165, 1.54) is 0 Å². The highest BCUT2D eigenvalue weighted by Crippen LogP contribution is 2.52. The van der Waals surface area contributed by atoms with Crippen molar-refractivity contribution >= 4 is 55.7 Å². The second-order valence-electron chi connectivity index (χ2n) is 11.3. The highest BCUT2D eigenvalue weighted by molar-refractivity contribution is 6.91. The molecule has 1 aliphatic heterocycles. The summed E-state index contributed by atoms with van der Waals surface area (Å²) in [5.41, 5.74) is 2.18. The Morgan fingerprint density at radius 3 is 0.917 bits per heavy atom. The highest BCUT2D eigenvalue weighted by atomic mass is 28.5. The fourth-order valence-corrected chi connectivity index (χ4v) is 34.6. The molecule has 0 bridgehead atoms. The fourth-order valence-electron chi connectivity index (χ4n) is 5.51. The summed E-state index contributed by atoms with van der Waals surface area (Å²) in [6.07, 6.45) is 6.28.